The zero-order valence-corrected chi connectivity index (χ0v) is 23.6. The number of aromatic nitrogens is 5. The van der Waals surface area contributed by atoms with Crippen LogP contribution < -0.4 is 15.4 Å². The Morgan fingerprint density at radius 2 is 2.00 bits per heavy atom. The summed E-state index contributed by atoms with van der Waals surface area (Å²) in [5, 5.41) is 15.7. The van der Waals surface area contributed by atoms with Crippen LogP contribution in [-0.2, 0) is 0 Å². The lowest BCUT2D eigenvalue weighted by Crippen LogP contribution is -2.45. The van der Waals surface area contributed by atoms with Crippen LogP contribution in [0.3, 0.4) is 0 Å². The number of nitriles is 1. The zero-order chi connectivity index (χ0) is 28.7. The highest BCUT2D eigenvalue weighted by molar-refractivity contribution is 5.92. The number of amides is 1. The molecule has 11 heteroatoms. The number of rotatable bonds is 7. The van der Waals surface area contributed by atoms with Gasteiger partial charge in [0.2, 0.25) is 0 Å². The SMILES string of the molecule is CCOc1c(C(C)n2nc(C)c3c(N)ncnc32)cc(C)c(C#N)c1C1CN(c2ccc(C(=O)N(C)C)nc2)C1. The molecule has 1 fully saturated rings. The highest BCUT2D eigenvalue weighted by Gasteiger charge is 2.36. The second-order valence-corrected chi connectivity index (χ2v) is 10.3. The van der Waals surface area contributed by atoms with Crippen molar-refractivity contribution in [2.75, 3.05) is 44.4 Å². The van der Waals surface area contributed by atoms with E-state index in [4.69, 9.17) is 15.6 Å². The number of hydrogen-bond donors (Lipinski definition) is 1. The van der Waals surface area contributed by atoms with Gasteiger partial charge in [0.05, 0.1) is 47.2 Å². The third kappa shape index (κ3) is 4.45. The summed E-state index contributed by atoms with van der Waals surface area (Å²) in [7, 11) is 3.41. The molecule has 1 saturated heterocycles. The molecule has 1 unspecified atom stereocenters. The summed E-state index contributed by atoms with van der Waals surface area (Å²) in [6.07, 6.45) is 3.17. The van der Waals surface area contributed by atoms with E-state index >= 15 is 0 Å². The molecule has 11 nitrogen and oxygen atoms in total. The van der Waals surface area contributed by atoms with Crippen molar-refractivity contribution in [2.24, 2.45) is 0 Å². The van der Waals surface area contributed by atoms with Crippen LogP contribution in [0.5, 0.6) is 5.75 Å². The van der Waals surface area contributed by atoms with Gasteiger partial charge in [-0.2, -0.15) is 10.4 Å². The van der Waals surface area contributed by atoms with Gasteiger partial charge in [0.1, 0.15) is 23.6 Å². The number of anilines is 2. The molecule has 0 radical (unpaired) electrons. The molecule has 1 aliphatic rings. The molecule has 0 spiro atoms. The zero-order valence-electron chi connectivity index (χ0n) is 23.6. The number of benzene rings is 1. The Morgan fingerprint density at radius 3 is 2.62 bits per heavy atom. The fourth-order valence-corrected chi connectivity index (χ4v) is 5.38. The maximum Gasteiger partial charge on any atom is 0.271 e. The van der Waals surface area contributed by atoms with Crippen molar-refractivity contribution >= 4 is 28.4 Å². The van der Waals surface area contributed by atoms with Gasteiger partial charge in [-0.3, -0.25) is 4.79 Å². The van der Waals surface area contributed by atoms with Gasteiger partial charge in [-0.15, -0.1) is 0 Å². The van der Waals surface area contributed by atoms with Crippen LogP contribution in [0.15, 0.2) is 30.7 Å². The third-order valence-electron chi connectivity index (χ3n) is 7.48. The minimum Gasteiger partial charge on any atom is -0.493 e. The number of aryl methyl sites for hydroxylation is 2. The first-order valence-electron chi connectivity index (χ1n) is 13.2. The standard InChI is InChI=1S/C29H33N9O2/c1-7-40-26-21(18(4)38-28-24(17(3)35-38)27(31)33-15-34-28)10-16(2)22(11-30)25(26)19-13-37(14-19)20-8-9-23(32-12-20)29(39)36(5)6/h8-10,12,15,18-19H,7,13-14H2,1-6H3,(H2,31,33,34). The summed E-state index contributed by atoms with van der Waals surface area (Å²) < 4.78 is 8.14. The van der Waals surface area contributed by atoms with Gasteiger partial charge in [0.15, 0.2) is 5.65 Å². The van der Waals surface area contributed by atoms with Crippen LogP contribution in [0.4, 0.5) is 11.5 Å². The quantitative estimate of drug-likeness (QED) is 0.373. The summed E-state index contributed by atoms with van der Waals surface area (Å²) in [5.41, 5.74) is 12.3. The lowest BCUT2D eigenvalue weighted by atomic mass is 9.83. The van der Waals surface area contributed by atoms with E-state index in [0.717, 1.165) is 39.2 Å². The number of nitrogens with two attached hydrogens (primary N) is 1. The number of fused-ring (bicyclic) bond motifs is 1. The van der Waals surface area contributed by atoms with Gasteiger partial charge in [0, 0.05) is 44.2 Å². The molecule has 0 aliphatic carbocycles. The maximum atomic E-state index is 12.2. The van der Waals surface area contributed by atoms with Crippen LogP contribution in [0.25, 0.3) is 11.0 Å². The van der Waals surface area contributed by atoms with E-state index in [-0.39, 0.29) is 17.9 Å². The van der Waals surface area contributed by atoms with E-state index in [1.165, 1.54) is 11.2 Å². The minimum atomic E-state index is -0.237. The van der Waals surface area contributed by atoms with Crippen LogP contribution in [0, 0.1) is 25.2 Å². The number of nitrogen functional groups attached to an aromatic ring is 1. The lowest BCUT2D eigenvalue weighted by molar-refractivity contribution is 0.0822. The number of ether oxygens (including phenoxy) is 1. The summed E-state index contributed by atoms with van der Waals surface area (Å²) in [4.78, 5) is 28.9. The first-order chi connectivity index (χ1) is 19.2. The van der Waals surface area contributed by atoms with Gasteiger partial charge >= 0.3 is 0 Å². The summed E-state index contributed by atoms with van der Waals surface area (Å²) in [5.74, 6) is 1.06. The van der Waals surface area contributed by atoms with E-state index in [1.807, 2.05) is 44.5 Å². The van der Waals surface area contributed by atoms with Crippen molar-refractivity contribution in [3.63, 3.8) is 0 Å². The van der Waals surface area contributed by atoms with E-state index in [2.05, 4.69) is 25.9 Å². The molecule has 1 atom stereocenters. The molecule has 1 aromatic carbocycles. The largest absolute Gasteiger partial charge is 0.493 e. The van der Waals surface area contributed by atoms with Gasteiger partial charge in [-0.1, -0.05) is 0 Å². The Labute approximate surface area is 233 Å². The first kappa shape index (κ1) is 26.9. The number of pyridine rings is 1. The van der Waals surface area contributed by atoms with E-state index < -0.39 is 0 Å². The lowest BCUT2D eigenvalue weighted by Gasteiger charge is -2.42. The molecule has 4 aromatic rings. The fraction of sp³-hybridized carbons (Fsp3) is 0.379. The van der Waals surface area contributed by atoms with Crippen LogP contribution >= 0.6 is 0 Å². The summed E-state index contributed by atoms with van der Waals surface area (Å²) >= 11 is 0. The average Bonchev–Trinajstić information content (AvgIpc) is 3.26. The molecule has 0 bridgehead atoms. The maximum absolute atomic E-state index is 12.2. The molecule has 206 valence electrons. The molecule has 40 heavy (non-hydrogen) atoms. The Balaban J connectivity index is 1.51. The summed E-state index contributed by atoms with van der Waals surface area (Å²) in [6, 6.07) is 7.87. The molecule has 1 aliphatic heterocycles. The smallest absolute Gasteiger partial charge is 0.271 e. The molecular formula is C29H33N9O2. The highest BCUT2D eigenvalue weighted by Crippen LogP contribution is 2.44. The van der Waals surface area contributed by atoms with Crippen molar-refractivity contribution in [3.05, 3.63) is 64.4 Å². The number of carbonyl (C=O) groups is 1. The Hall–Kier alpha value is -4.72. The molecule has 3 aromatic heterocycles. The van der Waals surface area contributed by atoms with Gasteiger partial charge in [-0.25, -0.2) is 19.6 Å². The van der Waals surface area contributed by atoms with E-state index in [1.54, 1.807) is 26.4 Å². The normalized spacial score (nSPS) is 14.1. The van der Waals surface area contributed by atoms with Gasteiger partial charge < -0.3 is 20.3 Å². The Bertz CT molecular complexity index is 1630. The summed E-state index contributed by atoms with van der Waals surface area (Å²) in [6.45, 7) is 9.70. The molecule has 1 amide bonds. The molecule has 5 rings (SSSR count). The predicted molar refractivity (Wildman–Crippen MR) is 153 cm³/mol. The van der Waals surface area contributed by atoms with Crippen molar-refractivity contribution in [1.29, 1.82) is 5.26 Å². The van der Waals surface area contributed by atoms with Gasteiger partial charge in [0.25, 0.3) is 5.91 Å². The number of nitrogens with zero attached hydrogens (tertiary/aromatic N) is 8. The average molecular weight is 540 g/mol. The second kappa shape index (κ2) is 10.4. The Kier molecular flexibility index (Phi) is 7.02. The molecule has 2 N–H and O–H groups in total. The van der Waals surface area contributed by atoms with Crippen molar-refractivity contribution in [1.82, 2.24) is 29.6 Å². The molecule has 0 saturated carbocycles. The van der Waals surface area contributed by atoms with Crippen molar-refractivity contribution in [3.8, 4) is 11.8 Å². The van der Waals surface area contributed by atoms with E-state index in [0.29, 0.717) is 42.4 Å². The molecular weight excluding hydrogens is 506 g/mol. The van der Waals surface area contributed by atoms with Crippen LogP contribution in [-0.4, -0.2) is 69.3 Å². The Morgan fingerprint density at radius 1 is 1.25 bits per heavy atom. The minimum absolute atomic E-state index is 0.0826. The second-order valence-electron chi connectivity index (χ2n) is 10.3. The van der Waals surface area contributed by atoms with Crippen LogP contribution in [0.2, 0.25) is 0 Å². The van der Waals surface area contributed by atoms with Crippen molar-refractivity contribution in [2.45, 2.75) is 39.7 Å². The number of carbonyl (C=O) groups excluding carboxylic acids is 1. The molecule has 4 heterocycles. The first-order valence-corrected chi connectivity index (χ1v) is 13.2. The number of hydrogen-bond acceptors (Lipinski definition) is 9. The van der Waals surface area contributed by atoms with Crippen LogP contribution in [0.1, 0.15) is 64.2 Å². The van der Waals surface area contributed by atoms with E-state index in [9.17, 15) is 10.1 Å². The fourth-order valence-electron chi connectivity index (χ4n) is 5.38. The van der Waals surface area contributed by atoms with Gasteiger partial charge in [-0.05, 0) is 51.5 Å². The third-order valence-corrected chi connectivity index (χ3v) is 7.48. The topological polar surface area (TPSA) is 139 Å². The van der Waals surface area contributed by atoms with Crippen molar-refractivity contribution < 1.29 is 9.53 Å². The highest BCUT2D eigenvalue weighted by atomic mass is 16.5. The monoisotopic (exact) mass is 539 g/mol. The predicted octanol–water partition coefficient (Wildman–Crippen LogP) is 3.61.